The van der Waals surface area contributed by atoms with Crippen molar-refractivity contribution in [3.63, 3.8) is 0 Å². The lowest BCUT2D eigenvalue weighted by Crippen LogP contribution is -2.33. The van der Waals surface area contributed by atoms with Crippen LogP contribution in [0.1, 0.15) is 12.8 Å². The van der Waals surface area contributed by atoms with Gasteiger partial charge in [0, 0.05) is 11.9 Å². The highest BCUT2D eigenvalue weighted by atomic mass is 16.5. The lowest BCUT2D eigenvalue weighted by molar-refractivity contribution is 0.0394. The fourth-order valence-corrected chi connectivity index (χ4v) is 2.52. The third-order valence-electron chi connectivity index (χ3n) is 3.60. The SMILES string of the molecule is c1ccc2c(NCCOC3CCNCC3)cnnc2c1. The van der Waals surface area contributed by atoms with Gasteiger partial charge in [-0.2, -0.15) is 10.2 Å². The van der Waals surface area contributed by atoms with Crippen molar-refractivity contribution in [2.24, 2.45) is 0 Å². The highest BCUT2D eigenvalue weighted by molar-refractivity contribution is 5.90. The largest absolute Gasteiger partial charge is 0.381 e. The van der Waals surface area contributed by atoms with Crippen LogP contribution in [-0.4, -0.2) is 42.5 Å². The van der Waals surface area contributed by atoms with Crippen molar-refractivity contribution in [2.75, 3.05) is 31.6 Å². The summed E-state index contributed by atoms with van der Waals surface area (Å²) in [6.45, 7) is 3.65. The monoisotopic (exact) mass is 272 g/mol. The Morgan fingerprint density at radius 2 is 2.10 bits per heavy atom. The van der Waals surface area contributed by atoms with Crippen molar-refractivity contribution >= 4 is 16.6 Å². The quantitative estimate of drug-likeness (QED) is 0.813. The molecule has 1 aromatic carbocycles. The van der Waals surface area contributed by atoms with E-state index in [1.807, 2.05) is 18.2 Å². The van der Waals surface area contributed by atoms with Gasteiger partial charge in [0.1, 0.15) is 0 Å². The first-order chi connectivity index (χ1) is 9.93. The van der Waals surface area contributed by atoms with E-state index in [9.17, 15) is 0 Å². The van der Waals surface area contributed by atoms with Crippen LogP contribution in [0.2, 0.25) is 0 Å². The molecule has 20 heavy (non-hydrogen) atoms. The summed E-state index contributed by atoms with van der Waals surface area (Å²) < 4.78 is 5.88. The zero-order chi connectivity index (χ0) is 13.6. The molecule has 1 aliphatic rings. The number of nitrogens with one attached hydrogen (secondary N) is 2. The molecule has 2 aromatic rings. The van der Waals surface area contributed by atoms with Crippen molar-refractivity contribution in [1.82, 2.24) is 15.5 Å². The van der Waals surface area contributed by atoms with Crippen molar-refractivity contribution in [2.45, 2.75) is 18.9 Å². The number of piperidine rings is 1. The van der Waals surface area contributed by atoms with Gasteiger partial charge < -0.3 is 15.4 Å². The van der Waals surface area contributed by atoms with Crippen LogP contribution in [0, 0.1) is 0 Å². The standard InChI is InChI=1S/C15H20N4O/c1-2-4-14-13(3-1)15(11-18-19-14)17-9-10-20-12-5-7-16-8-6-12/h1-4,11-12,16H,5-10H2,(H,17,19). The molecule has 0 amide bonds. The number of ether oxygens (including phenoxy) is 1. The molecule has 0 saturated carbocycles. The van der Waals surface area contributed by atoms with Crippen LogP contribution >= 0.6 is 0 Å². The van der Waals surface area contributed by atoms with Crippen LogP contribution in [0.15, 0.2) is 30.5 Å². The van der Waals surface area contributed by atoms with Crippen LogP contribution in [-0.2, 0) is 4.74 Å². The second kappa shape index (κ2) is 6.63. The molecular weight excluding hydrogens is 252 g/mol. The van der Waals surface area contributed by atoms with Crippen LogP contribution in [0.3, 0.4) is 0 Å². The zero-order valence-electron chi connectivity index (χ0n) is 11.5. The Labute approximate surface area is 118 Å². The summed E-state index contributed by atoms with van der Waals surface area (Å²) in [4.78, 5) is 0. The molecule has 5 nitrogen and oxygen atoms in total. The van der Waals surface area contributed by atoms with Gasteiger partial charge in [0.15, 0.2) is 0 Å². The molecule has 0 atom stereocenters. The summed E-state index contributed by atoms with van der Waals surface area (Å²) in [5.41, 5.74) is 1.93. The first-order valence-corrected chi connectivity index (χ1v) is 7.20. The third kappa shape index (κ3) is 3.23. The Morgan fingerprint density at radius 3 is 3.00 bits per heavy atom. The predicted molar refractivity (Wildman–Crippen MR) is 79.9 cm³/mol. The topological polar surface area (TPSA) is 59.1 Å². The maximum absolute atomic E-state index is 5.88. The van der Waals surface area contributed by atoms with Gasteiger partial charge in [-0.3, -0.25) is 0 Å². The Kier molecular flexibility index (Phi) is 4.40. The van der Waals surface area contributed by atoms with Crippen molar-refractivity contribution in [3.8, 4) is 0 Å². The molecule has 106 valence electrons. The fourth-order valence-electron chi connectivity index (χ4n) is 2.52. The molecule has 2 heterocycles. The molecule has 0 unspecified atom stereocenters. The van der Waals surface area contributed by atoms with Gasteiger partial charge in [0.25, 0.3) is 0 Å². The number of hydrogen-bond donors (Lipinski definition) is 2. The maximum Gasteiger partial charge on any atom is 0.0950 e. The minimum atomic E-state index is 0.408. The van der Waals surface area contributed by atoms with E-state index in [0.717, 1.165) is 55.7 Å². The van der Waals surface area contributed by atoms with E-state index in [0.29, 0.717) is 6.10 Å². The first kappa shape index (κ1) is 13.3. The molecule has 0 aliphatic carbocycles. The normalized spacial score (nSPS) is 16.4. The molecule has 1 saturated heterocycles. The summed E-state index contributed by atoms with van der Waals surface area (Å²) in [5.74, 6) is 0. The summed E-state index contributed by atoms with van der Waals surface area (Å²) in [7, 11) is 0. The number of benzene rings is 1. The fraction of sp³-hybridized carbons (Fsp3) is 0.467. The van der Waals surface area contributed by atoms with E-state index in [1.165, 1.54) is 0 Å². The van der Waals surface area contributed by atoms with Crippen LogP contribution in [0.4, 0.5) is 5.69 Å². The van der Waals surface area contributed by atoms with Gasteiger partial charge >= 0.3 is 0 Å². The maximum atomic E-state index is 5.88. The lowest BCUT2D eigenvalue weighted by Gasteiger charge is -2.23. The van der Waals surface area contributed by atoms with Gasteiger partial charge in [0.05, 0.1) is 30.1 Å². The molecule has 2 N–H and O–H groups in total. The number of anilines is 1. The molecule has 1 fully saturated rings. The predicted octanol–water partition coefficient (Wildman–Crippen LogP) is 1.81. The average molecular weight is 272 g/mol. The summed E-state index contributed by atoms with van der Waals surface area (Å²) in [6.07, 6.45) is 4.40. The molecule has 1 aliphatic heterocycles. The summed E-state index contributed by atoms with van der Waals surface area (Å²) in [5, 5.41) is 16.0. The highest BCUT2D eigenvalue weighted by Gasteiger charge is 2.12. The van der Waals surface area contributed by atoms with Gasteiger partial charge in [-0.15, -0.1) is 0 Å². The Balaban J connectivity index is 1.52. The van der Waals surface area contributed by atoms with Gasteiger partial charge in [0.2, 0.25) is 0 Å². The van der Waals surface area contributed by atoms with Crippen LogP contribution in [0.25, 0.3) is 10.9 Å². The molecule has 3 rings (SSSR count). The summed E-state index contributed by atoms with van der Waals surface area (Å²) >= 11 is 0. The smallest absolute Gasteiger partial charge is 0.0950 e. The van der Waals surface area contributed by atoms with Crippen LogP contribution in [0.5, 0.6) is 0 Å². The number of nitrogens with zero attached hydrogens (tertiary/aromatic N) is 2. The van der Waals surface area contributed by atoms with E-state index >= 15 is 0 Å². The van der Waals surface area contributed by atoms with Gasteiger partial charge in [-0.1, -0.05) is 18.2 Å². The van der Waals surface area contributed by atoms with Crippen molar-refractivity contribution in [3.05, 3.63) is 30.5 Å². The molecule has 0 bridgehead atoms. The number of rotatable bonds is 5. The Morgan fingerprint density at radius 1 is 1.25 bits per heavy atom. The van der Waals surface area contributed by atoms with E-state index in [2.05, 4.69) is 26.9 Å². The molecule has 1 aromatic heterocycles. The minimum absolute atomic E-state index is 0.408. The number of aromatic nitrogens is 2. The minimum Gasteiger partial charge on any atom is -0.381 e. The van der Waals surface area contributed by atoms with Crippen LogP contribution < -0.4 is 10.6 Å². The number of hydrogen-bond acceptors (Lipinski definition) is 5. The zero-order valence-corrected chi connectivity index (χ0v) is 11.5. The number of fused-ring (bicyclic) bond motifs is 1. The first-order valence-electron chi connectivity index (χ1n) is 7.20. The van der Waals surface area contributed by atoms with Gasteiger partial charge in [-0.25, -0.2) is 0 Å². The second-order valence-corrected chi connectivity index (χ2v) is 5.02. The molecule has 0 spiro atoms. The highest BCUT2D eigenvalue weighted by Crippen LogP contribution is 2.19. The average Bonchev–Trinajstić information content (AvgIpc) is 2.53. The van der Waals surface area contributed by atoms with E-state index < -0.39 is 0 Å². The molecular formula is C15H20N4O. The van der Waals surface area contributed by atoms with E-state index in [4.69, 9.17) is 4.74 Å². The van der Waals surface area contributed by atoms with Crippen molar-refractivity contribution < 1.29 is 4.74 Å². The Hall–Kier alpha value is -1.72. The second-order valence-electron chi connectivity index (χ2n) is 5.02. The lowest BCUT2D eigenvalue weighted by atomic mass is 10.1. The summed E-state index contributed by atoms with van der Waals surface area (Å²) in [6, 6.07) is 8.01. The Bertz CT molecular complexity index is 549. The van der Waals surface area contributed by atoms with Gasteiger partial charge in [-0.05, 0) is 32.0 Å². The van der Waals surface area contributed by atoms with Crippen molar-refractivity contribution in [1.29, 1.82) is 0 Å². The molecule has 0 radical (unpaired) electrons. The van der Waals surface area contributed by atoms with E-state index in [1.54, 1.807) is 6.20 Å². The molecule has 5 heteroatoms. The third-order valence-corrected chi connectivity index (χ3v) is 3.60. The van der Waals surface area contributed by atoms with E-state index in [-0.39, 0.29) is 0 Å².